The fraction of sp³-hybridized carbons (Fsp3) is 0.400. The topological polar surface area (TPSA) is 0 Å². The third-order valence-electron chi connectivity index (χ3n) is 0.387. The standard InChI is InChI=1S/C5H5S/c1-2-3-4-5-6/h5H,3-4H2. The van der Waals surface area contributed by atoms with Crippen LogP contribution < -0.4 is 0 Å². The van der Waals surface area contributed by atoms with Crippen LogP contribution >= 0.6 is 12.2 Å². The summed E-state index contributed by atoms with van der Waals surface area (Å²) >= 11 is 4.47. The molecule has 0 fully saturated rings. The molecule has 1 heteroatoms. The van der Waals surface area contributed by atoms with Gasteiger partial charge in [-0.1, -0.05) is 18.1 Å². The van der Waals surface area contributed by atoms with E-state index in [9.17, 15) is 0 Å². The first-order chi connectivity index (χ1) is 2.91. The highest BCUT2D eigenvalue weighted by Gasteiger charge is 1.68. The molecule has 0 aromatic rings. The van der Waals surface area contributed by atoms with Gasteiger partial charge >= 0.3 is 0 Å². The molecule has 0 spiro atoms. The second-order valence-corrected chi connectivity index (χ2v) is 1.22. The average molecular weight is 97.2 g/mol. The van der Waals surface area contributed by atoms with Crippen LogP contribution in [0, 0.1) is 12.3 Å². The summed E-state index contributed by atoms with van der Waals surface area (Å²) in [6, 6.07) is 0. The normalized spacial score (nSPS) is 6.50. The van der Waals surface area contributed by atoms with Crippen molar-refractivity contribution in [2.75, 3.05) is 0 Å². The molecule has 6 heavy (non-hydrogen) atoms. The molecule has 0 nitrogen and oxygen atoms in total. The highest BCUT2D eigenvalue weighted by molar-refractivity contribution is 7.78. The van der Waals surface area contributed by atoms with Crippen molar-refractivity contribution < 1.29 is 0 Å². The molecule has 0 aliphatic rings. The zero-order valence-electron chi connectivity index (χ0n) is 3.40. The van der Waals surface area contributed by atoms with Crippen molar-refractivity contribution >= 4 is 17.6 Å². The van der Waals surface area contributed by atoms with Crippen LogP contribution in [-0.2, 0) is 0 Å². The highest BCUT2D eigenvalue weighted by Crippen LogP contribution is 1.78. The van der Waals surface area contributed by atoms with E-state index >= 15 is 0 Å². The van der Waals surface area contributed by atoms with E-state index in [0.29, 0.717) is 6.42 Å². The second kappa shape index (κ2) is 4.65. The molecule has 0 rings (SSSR count). The summed E-state index contributed by atoms with van der Waals surface area (Å²) in [6.07, 6.45) is 7.86. The van der Waals surface area contributed by atoms with Crippen LogP contribution in [0.4, 0.5) is 0 Å². The molecule has 0 N–H and O–H groups in total. The Hall–Kier alpha value is -0.350. The van der Waals surface area contributed by atoms with E-state index in [0.717, 1.165) is 6.42 Å². The molecule has 0 aromatic heterocycles. The van der Waals surface area contributed by atoms with Crippen LogP contribution in [0.5, 0.6) is 0 Å². The molecule has 0 saturated carbocycles. The lowest BCUT2D eigenvalue weighted by atomic mass is 10.4. The quantitative estimate of drug-likeness (QED) is 0.285. The summed E-state index contributed by atoms with van der Waals surface area (Å²) in [7, 11) is 0. The fourth-order valence-electron chi connectivity index (χ4n) is 0.131. The molecular weight excluding hydrogens is 92.1 g/mol. The first-order valence-electron chi connectivity index (χ1n) is 1.75. The Morgan fingerprint density at radius 2 is 2.50 bits per heavy atom. The van der Waals surface area contributed by atoms with Crippen LogP contribution in [0.25, 0.3) is 0 Å². The van der Waals surface area contributed by atoms with Crippen molar-refractivity contribution in [1.29, 1.82) is 0 Å². The minimum Gasteiger partial charge on any atom is -0.0934 e. The van der Waals surface area contributed by atoms with Gasteiger partial charge in [0.05, 0.1) is 0 Å². The maximum absolute atomic E-state index is 6.39. The molecule has 0 amide bonds. The van der Waals surface area contributed by atoms with Crippen LogP contribution in [0.3, 0.4) is 0 Å². The summed E-state index contributed by atoms with van der Waals surface area (Å²) in [5, 5.41) is 1.61. The van der Waals surface area contributed by atoms with Crippen molar-refractivity contribution in [3.63, 3.8) is 0 Å². The van der Waals surface area contributed by atoms with Gasteiger partial charge in [-0.25, -0.2) is 0 Å². The monoisotopic (exact) mass is 97.0 g/mol. The molecule has 0 heterocycles. The second-order valence-electron chi connectivity index (χ2n) is 0.882. The maximum Gasteiger partial charge on any atom is 0.0142 e. The third-order valence-corrected chi connectivity index (χ3v) is 0.623. The Morgan fingerprint density at radius 3 is 2.67 bits per heavy atom. The van der Waals surface area contributed by atoms with Gasteiger partial charge in [-0.3, -0.25) is 0 Å². The number of hydrogen-bond donors (Lipinski definition) is 0. The molecule has 0 bridgehead atoms. The molecule has 0 unspecified atom stereocenters. The summed E-state index contributed by atoms with van der Waals surface area (Å²) in [5.74, 6) is 2.22. The minimum absolute atomic E-state index is 0.670. The Kier molecular flexibility index (Phi) is 4.38. The molecule has 0 atom stereocenters. The van der Waals surface area contributed by atoms with Crippen molar-refractivity contribution in [3.05, 3.63) is 6.42 Å². The summed E-state index contributed by atoms with van der Waals surface area (Å²) < 4.78 is 0. The van der Waals surface area contributed by atoms with Crippen molar-refractivity contribution in [2.24, 2.45) is 0 Å². The van der Waals surface area contributed by atoms with Crippen LogP contribution in [0.1, 0.15) is 12.8 Å². The first kappa shape index (κ1) is 5.65. The zero-order valence-corrected chi connectivity index (χ0v) is 4.22. The maximum atomic E-state index is 6.39. The van der Waals surface area contributed by atoms with Crippen molar-refractivity contribution in [3.8, 4) is 5.92 Å². The minimum atomic E-state index is 0.670. The molecule has 0 saturated heterocycles. The van der Waals surface area contributed by atoms with Gasteiger partial charge in [0.1, 0.15) is 0 Å². The van der Waals surface area contributed by atoms with Crippen LogP contribution in [-0.4, -0.2) is 5.37 Å². The van der Waals surface area contributed by atoms with E-state index in [1.807, 2.05) is 0 Å². The summed E-state index contributed by atoms with van der Waals surface area (Å²) in [6.45, 7) is 0. The van der Waals surface area contributed by atoms with E-state index in [2.05, 4.69) is 18.1 Å². The highest BCUT2D eigenvalue weighted by atomic mass is 32.1. The lowest BCUT2D eigenvalue weighted by molar-refractivity contribution is 1.17. The Balaban J connectivity index is 2.72. The molecule has 0 aliphatic carbocycles. The largest absolute Gasteiger partial charge is 0.0934 e. The van der Waals surface area contributed by atoms with Gasteiger partial charge in [0, 0.05) is 6.42 Å². The van der Waals surface area contributed by atoms with Crippen molar-refractivity contribution in [1.82, 2.24) is 0 Å². The molecule has 0 aliphatic heterocycles. The lowest BCUT2D eigenvalue weighted by Crippen LogP contribution is -1.64. The third kappa shape index (κ3) is 3.65. The first-order valence-corrected chi connectivity index (χ1v) is 2.22. The molecule has 31 valence electrons. The molecular formula is C5H5S. The fourth-order valence-corrected chi connectivity index (χ4v) is 0.249. The van der Waals surface area contributed by atoms with Gasteiger partial charge in [0.15, 0.2) is 0 Å². The summed E-state index contributed by atoms with van der Waals surface area (Å²) in [4.78, 5) is 0. The van der Waals surface area contributed by atoms with Gasteiger partial charge in [-0.15, -0.1) is 0 Å². The Labute approximate surface area is 43.6 Å². The van der Waals surface area contributed by atoms with Gasteiger partial charge in [-0.05, 0) is 18.2 Å². The zero-order chi connectivity index (χ0) is 4.83. The van der Waals surface area contributed by atoms with Gasteiger partial charge in [0.2, 0.25) is 0 Å². The smallest absolute Gasteiger partial charge is 0.0142 e. The number of hydrogen-bond acceptors (Lipinski definition) is 1. The predicted octanol–water partition coefficient (Wildman–Crippen LogP) is 1.36. The van der Waals surface area contributed by atoms with Crippen molar-refractivity contribution in [2.45, 2.75) is 12.8 Å². The number of rotatable bonds is 2. The lowest BCUT2D eigenvalue weighted by Gasteiger charge is -1.71. The Morgan fingerprint density at radius 1 is 1.83 bits per heavy atom. The number of unbranched alkanes of at least 4 members (excludes halogenated alkanes) is 1. The van der Waals surface area contributed by atoms with Gasteiger partial charge in [0.25, 0.3) is 0 Å². The van der Waals surface area contributed by atoms with E-state index in [1.54, 1.807) is 5.37 Å². The SMILES string of the molecule is [C]#CCCC=S. The van der Waals surface area contributed by atoms with E-state index < -0.39 is 0 Å². The molecule has 1 radical (unpaired) electrons. The van der Waals surface area contributed by atoms with E-state index in [4.69, 9.17) is 6.42 Å². The Bertz CT molecular complexity index is 68.5. The van der Waals surface area contributed by atoms with Crippen LogP contribution in [0.2, 0.25) is 0 Å². The molecule has 0 aromatic carbocycles. The predicted molar refractivity (Wildman–Crippen MR) is 30.0 cm³/mol. The van der Waals surface area contributed by atoms with E-state index in [1.165, 1.54) is 0 Å². The van der Waals surface area contributed by atoms with Crippen LogP contribution in [0.15, 0.2) is 0 Å². The number of thiocarbonyl (C=S) groups is 1. The average Bonchev–Trinajstić information content (AvgIpc) is 1.61. The van der Waals surface area contributed by atoms with Gasteiger partial charge < -0.3 is 0 Å². The summed E-state index contributed by atoms with van der Waals surface area (Å²) in [5.41, 5.74) is 0. The van der Waals surface area contributed by atoms with Gasteiger partial charge in [-0.2, -0.15) is 0 Å². The van der Waals surface area contributed by atoms with E-state index in [-0.39, 0.29) is 0 Å².